The van der Waals surface area contributed by atoms with Gasteiger partial charge in [0.2, 0.25) is 0 Å². The molecule has 1 N–H and O–H groups in total. The van der Waals surface area contributed by atoms with E-state index in [0.717, 1.165) is 28.1 Å². The van der Waals surface area contributed by atoms with Crippen LogP contribution in [0.25, 0.3) is 6.08 Å². The van der Waals surface area contributed by atoms with E-state index in [9.17, 15) is 9.59 Å². The second-order valence-electron chi connectivity index (χ2n) is 5.69. The molecule has 2 amide bonds. The third kappa shape index (κ3) is 4.52. The van der Waals surface area contributed by atoms with Gasteiger partial charge in [0, 0.05) is 5.56 Å². The number of methoxy groups -OCH3 is 1. The minimum absolute atomic E-state index is 0.268. The molecule has 0 spiro atoms. The Morgan fingerprint density at radius 2 is 1.79 bits per heavy atom. The highest BCUT2D eigenvalue weighted by Crippen LogP contribution is 2.31. The Morgan fingerprint density at radius 3 is 2.39 bits per heavy atom. The van der Waals surface area contributed by atoms with Crippen LogP contribution in [0.2, 0.25) is 0 Å². The molecule has 2 aromatic carbocycles. The number of benzene rings is 2. The number of rotatable bonds is 6. The molecule has 0 aliphatic carbocycles. The van der Waals surface area contributed by atoms with Crippen molar-refractivity contribution in [2.45, 2.75) is 6.92 Å². The lowest BCUT2D eigenvalue weighted by atomic mass is 10.2. The van der Waals surface area contributed by atoms with Crippen molar-refractivity contribution < 1.29 is 19.1 Å². The number of hydrogen-bond donors (Lipinski definition) is 1. The first-order chi connectivity index (χ1) is 13.5. The third-order valence-corrected chi connectivity index (χ3v) is 5.15. The molecule has 1 aliphatic rings. The molecule has 144 valence electrons. The van der Waals surface area contributed by atoms with Gasteiger partial charge in [0.15, 0.2) is 4.32 Å². The Labute approximate surface area is 172 Å². The average Bonchev–Trinajstić information content (AvgIpc) is 2.97. The second kappa shape index (κ2) is 8.90. The fourth-order valence-corrected chi connectivity index (χ4v) is 3.63. The van der Waals surface area contributed by atoms with Crippen LogP contribution in [0.3, 0.4) is 0 Å². The number of thiocarbonyl (C=S) groups is 1. The van der Waals surface area contributed by atoms with E-state index >= 15 is 0 Å². The van der Waals surface area contributed by atoms with Crippen molar-refractivity contribution in [3.63, 3.8) is 0 Å². The highest BCUT2D eigenvalue weighted by atomic mass is 32.2. The van der Waals surface area contributed by atoms with Crippen molar-refractivity contribution in [2.75, 3.05) is 13.7 Å². The quantitative estimate of drug-likeness (QED) is 0.575. The van der Waals surface area contributed by atoms with Gasteiger partial charge in [0.1, 0.15) is 11.5 Å². The monoisotopic (exact) mass is 414 g/mol. The van der Waals surface area contributed by atoms with Gasteiger partial charge >= 0.3 is 0 Å². The summed E-state index contributed by atoms with van der Waals surface area (Å²) >= 11 is 6.38. The largest absolute Gasteiger partial charge is 0.497 e. The van der Waals surface area contributed by atoms with Crippen LogP contribution in [0.1, 0.15) is 22.8 Å². The molecule has 0 radical (unpaired) electrons. The summed E-state index contributed by atoms with van der Waals surface area (Å²) in [5.74, 6) is 0.603. The van der Waals surface area contributed by atoms with Crippen molar-refractivity contribution in [1.29, 1.82) is 0 Å². The summed E-state index contributed by atoms with van der Waals surface area (Å²) in [6.07, 6.45) is 1.73. The van der Waals surface area contributed by atoms with E-state index in [2.05, 4.69) is 5.43 Å². The molecule has 1 saturated heterocycles. The van der Waals surface area contributed by atoms with Crippen molar-refractivity contribution in [3.05, 3.63) is 64.6 Å². The molecule has 1 fully saturated rings. The maximum atomic E-state index is 12.6. The number of carbonyl (C=O) groups is 2. The van der Waals surface area contributed by atoms with Crippen LogP contribution in [0.15, 0.2) is 53.4 Å². The van der Waals surface area contributed by atoms with Gasteiger partial charge in [0.05, 0.1) is 18.6 Å². The summed E-state index contributed by atoms with van der Waals surface area (Å²) in [6.45, 7) is 2.51. The number of thioether (sulfide) groups is 1. The number of hydrogen-bond acceptors (Lipinski definition) is 6. The Balaban J connectivity index is 1.71. The van der Waals surface area contributed by atoms with E-state index in [1.165, 1.54) is 0 Å². The molecular formula is C20H18N2O4S2. The highest BCUT2D eigenvalue weighted by Gasteiger charge is 2.33. The zero-order chi connectivity index (χ0) is 20.1. The first-order valence-electron chi connectivity index (χ1n) is 8.47. The zero-order valence-electron chi connectivity index (χ0n) is 15.3. The fourth-order valence-electron chi connectivity index (χ4n) is 2.45. The summed E-state index contributed by atoms with van der Waals surface area (Å²) in [5, 5.41) is 1.09. The Hall–Kier alpha value is -2.84. The Bertz CT molecular complexity index is 924. The molecule has 0 unspecified atom stereocenters. The summed E-state index contributed by atoms with van der Waals surface area (Å²) in [6, 6.07) is 13.9. The van der Waals surface area contributed by atoms with E-state index in [1.54, 1.807) is 37.5 Å². The van der Waals surface area contributed by atoms with Crippen LogP contribution in [0.5, 0.6) is 11.5 Å². The lowest BCUT2D eigenvalue weighted by molar-refractivity contribution is -0.123. The maximum Gasteiger partial charge on any atom is 0.285 e. The maximum absolute atomic E-state index is 12.6. The third-order valence-electron chi connectivity index (χ3n) is 3.85. The summed E-state index contributed by atoms with van der Waals surface area (Å²) in [5.41, 5.74) is 3.79. The molecule has 0 atom stereocenters. The van der Waals surface area contributed by atoms with Crippen LogP contribution < -0.4 is 14.9 Å². The molecule has 2 aromatic rings. The highest BCUT2D eigenvalue weighted by molar-refractivity contribution is 8.26. The van der Waals surface area contributed by atoms with Crippen LogP contribution in [-0.4, -0.2) is 34.9 Å². The van der Waals surface area contributed by atoms with E-state index < -0.39 is 5.91 Å². The summed E-state index contributed by atoms with van der Waals surface area (Å²) in [4.78, 5) is 25.5. The van der Waals surface area contributed by atoms with Crippen LogP contribution >= 0.6 is 24.0 Å². The van der Waals surface area contributed by atoms with Gasteiger partial charge in [-0.15, -0.1) is 0 Å². The van der Waals surface area contributed by atoms with Gasteiger partial charge < -0.3 is 9.47 Å². The second-order valence-corrected chi connectivity index (χ2v) is 7.36. The van der Waals surface area contributed by atoms with E-state index in [4.69, 9.17) is 21.7 Å². The van der Waals surface area contributed by atoms with Gasteiger partial charge in [0.25, 0.3) is 11.8 Å². The molecule has 3 rings (SSSR count). The van der Waals surface area contributed by atoms with Crippen LogP contribution in [0, 0.1) is 0 Å². The average molecular weight is 415 g/mol. The number of amides is 2. The smallest absolute Gasteiger partial charge is 0.285 e. The summed E-state index contributed by atoms with van der Waals surface area (Å²) < 4.78 is 10.7. The van der Waals surface area contributed by atoms with Gasteiger partial charge in [-0.25, -0.2) is 0 Å². The molecule has 28 heavy (non-hydrogen) atoms. The van der Waals surface area contributed by atoms with Gasteiger partial charge in [-0.2, -0.15) is 5.01 Å². The Kier molecular flexibility index (Phi) is 6.33. The molecule has 1 heterocycles. The van der Waals surface area contributed by atoms with Crippen molar-refractivity contribution in [1.82, 2.24) is 10.4 Å². The van der Waals surface area contributed by atoms with Gasteiger partial charge in [-0.1, -0.05) is 23.9 Å². The molecule has 8 heteroatoms. The lowest BCUT2D eigenvalue weighted by Gasteiger charge is -2.15. The minimum Gasteiger partial charge on any atom is -0.497 e. The summed E-state index contributed by atoms with van der Waals surface area (Å²) in [7, 11) is 1.55. The van der Waals surface area contributed by atoms with Crippen molar-refractivity contribution in [3.8, 4) is 11.5 Å². The number of nitrogens with zero attached hydrogens (tertiary/aromatic N) is 1. The fraction of sp³-hybridized carbons (Fsp3) is 0.150. The molecule has 1 aliphatic heterocycles. The molecule has 0 saturated carbocycles. The molecule has 0 bridgehead atoms. The van der Waals surface area contributed by atoms with E-state index in [1.807, 2.05) is 31.2 Å². The first kappa shape index (κ1) is 19.9. The first-order valence-corrected chi connectivity index (χ1v) is 9.70. The lowest BCUT2D eigenvalue weighted by Crippen LogP contribution is -2.44. The topological polar surface area (TPSA) is 67.9 Å². The molecular weight excluding hydrogens is 396 g/mol. The van der Waals surface area contributed by atoms with Crippen molar-refractivity contribution >= 4 is 46.2 Å². The predicted octanol–water partition coefficient (Wildman–Crippen LogP) is 3.64. The van der Waals surface area contributed by atoms with Crippen LogP contribution in [0.4, 0.5) is 0 Å². The van der Waals surface area contributed by atoms with E-state index in [0.29, 0.717) is 22.8 Å². The van der Waals surface area contributed by atoms with Crippen LogP contribution in [-0.2, 0) is 4.79 Å². The normalized spacial score (nSPS) is 15.1. The van der Waals surface area contributed by atoms with Crippen molar-refractivity contribution in [2.24, 2.45) is 0 Å². The van der Waals surface area contributed by atoms with Gasteiger partial charge in [-0.3, -0.25) is 15.0 Å². The molecule has 0 aromatic heterocycles. The Morgan fingerprint density at radius 1 is 1.14 bits per heavy atom. The zero-order valence-corrected chi connectivity index (χ0v) is 16.9. The standard InChI is InChI=1S/C20H18N2O4S2/c1-3-26-16-8-4-13(5-9-16)12-17-19(24)22(20(27)28-17)21-18(23)14-6-10-15(25-2)11-7-14/h4-12H,3H2,1-2H3,(H,21,23)/b17-12+. The minimum atomic E-state index is -0.429. The SMILES string of the molecule is CCOc1ccc(/C=C2/SC(=S)N(NC(=O)c3ccc(OC)cc3)C2=O)cc1. The number of carbonyl (C=O) groups excluding carboxylic acids is 2. The number of hydrazine groups is 1. The van der Waals surface area contributed by atoms with Gasteiger partial charge in [-0.05, 0) is 67.2 Å². The molecule has 6 nitrogen and oxygen atoms in total. The van der Waals surface area contributed by atoms with E-state index in [-0.39, 0.29) is 10.2 Å². The number of ether oxygens (including phenoxy) is 2. The predicted molar refractivity (Wildman–Crippen MR) is 113 cm³/mol. The number of nitrogens with one attached hydrogen (secondary N) is 1.